The number of nitrogens with one attached hydrogen (secondary N) is 2. The van der Waals surface area contributed by atoms with Gasteiger partial charge in [0.1, 0.15) is 11.8 Å². The van der Waals surface area contributed by atoms with Crippen molar-refractivity contribution in [1.82, 2.24) is 15.3 Å². The third-order valence-electron chi connectivity index (χ3n) is 5.57. The van der Waals surface area contributed by atoms with Gasteiger partial charge in [0, 0.05) is 11.3 Å². The first-order chi connectivity index (χ1) is 17.5. The predicted molar refractivity (Wildman–Crippen MR) is 140 cm³/mol. The molecule has 8 nitrogen and oxygen atoms in total. The molecule has 0 radical (unpaired) electrons. The molecule has 1 atom stereocenters. The van der Waals surface area contributed by atoms with E-state index in [1.54, 1.807) is 54.6 Å². The van der Waals surface area contributed by atoms with Gasteiger partial charge in [0.05, 0.1) is 19.6 Å². The molecule has 9 heteroatoms. The highest BCUT2D eigenvalue weighted by Crippen LogP contribution is 2.23. The van der Waals surface area contributed by atoms with E-state index in [-0.39, 0.29) is 29.9 Å². The minimum Gasteiger partial charge on any atom is -0.494 e. The van der Waals surface area contributed by atoms with E-state index >= 15 is 0 Å². The van der Waals surface area contributed by atoms with Gasteiger partial charge in [0.15, 0.2) is 5.11 Å². The first-order valence-corrected chi connectivity index (χ1v) is 11.9. The molecule has 3 aromatic carbocycles. The largest absolute Gasteiger partial charge is 0.494 e. The average molecular weight is 503 g/mol. The lowest BCUT2D eigenvalue weighted by molar-refractivity contribution is -0.131. The van der Waals surface area contributed by atoms with Crippen LogP contribution in [-0.4, -0.2) is 45.4 Å². The van der Waals surface area contributed by atoms with Gasteiger partial charge in [-0.05, 0) is 61.1 Å². The Morgan fingerprint density at radius 2 is 1.58 bits per heavy atom. The number of carbonyl (C=O) groups is 3. The smallest absolute Gasteiger partial charge is 0.269 e. The van der Waals surface area contributed by atoms with Crippen LogP contribution in [0.4, 0.5) is 5.69 Å². The van der Waals surface area contributed by atoms with Crippen LogP contribution in [0.1, 0.15) is 29.3 Å². The Labute approximate surface area is 214 Å². The Bertz CT molecular complexity index is 1240. The highest BCUT2D eigenvalue weighted by molar-refractivity contribution is 7.80. The van der Waals surface area contributed by atoms with Crippen LogP contribution in [0.5, 0.6) is 5.75 Å². The van der Waals surface area contributed by atoms with E-state index < -0.39 is 11.9 Å². The normalized spacial score (nSPS) is 15.1. The van der Waals surface area contributed by atoms with E-state index in [1.165, 1.54) is 9.91 Å². The summed E-state index contributed by atoms with van der Waals surface area (Å²) in [5.41, 5.74) is 4.58. The first-order valence-electron chi connectivity index (χ1n) is 11.5. The summed E-state index contributed by atoms with van der Waals surface area (Å²) in [7, 11) is 0. The lowest BCUT2D eigenvalue weighted by atomic mass is 10.1. The van der Waals surface area contributed by atoms with Gasteiger partial charge in [-0.1, -0.05) is 48.5 Å². The zero-order valence-corrected chi connectivity index (χ0v) is 20.5. The van der Waals surface area contributed by atoms with Crippen LogP contribution in [0.25, 0.3) is 0 Å². The fourth-order valence-corrected chi connectivity index (χ4v) is 4.14. The Balaban J connectivity index is 1.52. The average Bonchev–Trinajstić information content (AvgIpc) is 3.10. The van der Waals surface area contributed by atoms with Crippen molar-refractivity contribution in [2.75, 3.05) is 11.9 Å². The summed E-state index contributed by atoms with van der Waals surface area (Å²) in [5.74, 6) is -0.484. The van der Waals surface area contributed by atoms with Crippen molar-refractivity contribution in [3.63, 3.8) is 0 Å². The molecule has 1 saturated heterocycles. The fraction of sp³-hybridized carbons (Fsp3) is 0.185. The van der Waals surface area contributed by atoms with Gasteiger partial charge >= 0.3 is 0 Å². The van der Waals surface area contributed by atoms with Gasteiger partial charge in [-0.2, -0.15) is 0 Å². The van der Waals surface area contributed by atoms with E-state index in [2.05, 4.69) is 10.7 Å². The number of amides is 3. The molecule has 1 heterocycles. The number of ether oxygens (including phenoxy) is 1. The quantitative estimate of drug-likeness (QED) is 0.433. The summed E-state index contributed by atoms with van der Waals surface area (Å²) in [5, 5.41) is 4.24. The third-order valence-corrected chi connectivity index (χ3v) is 5.99. The van der Waals surface area contributed by atoms with Crippen LogP contribution >= 0.6 is 12.2 Å². The number of benzene rings is 3. The summed E-state index contributed by atoms with van der Waals surface area (Å²) in [6.45, 7) is 2.66. The van der Waals surface area contributed by atoms with Crippen LogP contribution < -0.4 is 15.5 Å². The fourth-order valence-electron chi connectivity index (χ4n) is 3.82. The van der Waals surface area contributed by atoms with E-state index in [4.69, 9.17) is 17.0 Å². The van der Waals surface area contributed by atoms with E-state index in [0.717, 1.165) is 5.56 Å². The zero-order valence-electron chi connectivity index (χ0n) is 19.7. The van der Waals surface area contributed by atoms with Crippen LogP contribution in [0.2, 0.25) is 0 Å². The number of carbonyl (C=O) groups excluding carboxylic acids is 3. The summed E-state index contributed by atoms with van der Waals surface area (Å²) in [6.07, 6.45) is -0.202. The Kier molecular flexibility index (Phi) is 7.92. The maximum Gasteiger partial charge on any atom is 0.269 e. The number of rotatable bonds is 9. The lowest BCUT2D eigenvalue weighted by Gasteiger charge is -2.24. The summed E-state index contributed by atoms with van der Waals surface area (Å²) in [4.78, 5) is 40.6. The van der Waals surface area contributed by atoms with E-state index in [1.807, 2.05) is 37.3 Å². The number of nitrogens with zero attached hydrogens (tertiary/aromatic N) is 2. The van der Waals surface area contributed by atoms with Crippen molar-refractivity contribution < 1.29 is 19.1 Å². The predicted octanol–water partition coefficient (Wildman–Crippen LogP) is 3.76. The highest BCUT2D eigenvalue weighted by atomic mass is 32.1. The minimum atomic E-state index is -0.989. The topological polar surface area (TPSA) is 91.0 Å². The molecule has 0 aliphatic carbocycles. The molecule has 2 N–H and O–H groups in total. The van der Waals surface area contributed by atoms with Crippen molar-refractivity contribution in [3.05, 3.63) is 96.1 Å². The Morgan fingerprint density at radius 3 is 2.22 bits per heavy atom. The molecule has 184 valence electrons. The molecule has 0 aromatic heterocycles. The molecule has 0 spiro atoms. The number of anilines is 1. The van der Waals surface area contributed by atoms with Gasteiger partial charge in [-0.25, -0.2) is 5.01 Å². The van der Waals surface area contributed by atoms with Gasteiger partial charge in [0.25, 0.3) is 11.8 Å². The lowest BCUT2D eigenvalue weighted by Crippen LogP contribution is -2.49. The van der Waals surface area contributed by atoms with Crippen LogP contribution in [-0.2, 0) is 16.1 Å². The van der Waals surface area contributed by atoms with E-state index in [9.17, 15) is 14.4 Å². The molecular formula is C27H26N4O4S. The summed E-state index contributed by atoms with van der Waals surface area (Å²) >= 11 is 5.58. The summed E-state index contributed by atoms with van der Waals surface area (Å²) < 4.78 is 5.42. The van der Waals surface area contributed by atoms with Crippen molar-refractivity contribution >= 4 is 40.7 Å². The van der Waals surface area contributed by atoms with Crippen LogP contribution in [0, 0.1) is 0 Å². The van der Waals surface area contributed by atoms with Gasteiger partial charge in [-0.15, -0.1) is 0 Å². The molecular weight excluding hydrogens is 476 g/mol. The molecule has 0 bridgehead atoms. The van der Waals surface area contributed by atoms with Crippen molar-refractivity contribution in [1.29, 1.82) is 0 Å². The molecule has 3 amide bonds. The molecule has 1 aliphatic heterocycles. The molecule has 3 aromatic rings. The monoisotopic (exact) mass is 502 g/mol. The molecule has 1 fully saturated rings. The second kappa shape index (κ2) is 11.5. The molecule has 36 heavy (non-hydrogen) atoms. The van der Waals surface area contributed by atoms with Crippen LogP contribution in [0.15, 0.2) is 84.9 Å². The van der Waals surface area contributed by atoms with Gasteiger partial charge in [0.2, 0.25) is 5.91 Å². The minimum absolute atomic E-state index is 0.131. The second-order valence-electron chi connectivity index (χ2n) is 8.09. The molecule has 1 aliphatic rings. The van der Waals surface area contributed by atoms with Crippen molar-refractivity contribution in [3.8, 4) is 5.75 Å². The maximum atomic E-state index is 13.4. The van der Waals surface area contributed by atoms with Gasteiger partial charge in [-0.3, -0.25) is 24.7 Å². The third kappa shape index (κ3) is 5.87. The standard InChI is InChI=1S/C27H26N4O4S/c1-2-35-22-15-13-21(14-16-22)28-24(32)17-23-26(34)30(18-19-9-5-3-6-10-19)27(36)31(23)29-25(33)20-11-7-4-8-12-20/h3-16,23H,2,17-18H2,1H3,(H,28,32)(H,29,33). The summed E-state index contributed by atoms with van der Waals surface area (Å²) in [6, 6.07) is 24.0. The number of thiocarbonyl (C=S) groups is 1. The molecule has 4 rings (SSSR count). The number of hydrogen-bond donors (Lipinski definition) is 2. The number of hydrazine groups is 1. The SMILES string of the molecule is CCOc1ccc(NC(=O)CC2C(=O)N(Cc3ccccc3)C(=S)N2NC(=O)c2ccccc2)cc1. The van der Waals surface area contributed by atoms with E-state index in [0.29, 0.717) is 23.6 Å². The Morgan fingerprint density at radius 1 is 0.944 bits per heavy atom. The Hall–Kier alpha value is -4.24. The van der Waals surface area contributed by atoms with Crippen molar-refractivity contribution in [2.45, 2.75) is 25.9 Å². The highest BCUT2D eigenvalue weighted by Gasteiger charge is 2.44. The van der Waals surface area contributed by atoms with Crippen LogP contribution in [0.3, 0.4) is 0 Å². The maximum absolute atomic E-state index is 13.4. The molecule has 0 saturated carbocycles. The van der Waals surface area contributed by atoms with Gasteiger partial charge < -0.3 is 10.1 Å². The molecule has 1 unspecified atom stereocenters. The first kappa shape index (κ1) is 24.9. The second-order valence-corrected chi connectivity index (χ2v) is 8.46. The van der Waals surface area contributed by atoms with Crippen molar-refractivity contribution in [2.24, 2.45) is 0 Å². The zero-order chi connectivity index (χ0) is 25.5. The number of hydrogen-bond acceptors (Lipinski definition) is 5.